The van der Waals surface area contributed by atoms with Gasteiger partial charge in [0.1, 0.15) is 12.7 Å². The Balaban J connectivity index is 1.78. The maximum absolute atomic E-state index is 12.8. The van der Waals surface area contributed by atoms with E-state index in [9.17, 15) is 14.9 Å². The minimum absolute atomic E-state index is 0.00551. The monoisotopic (exact) mass is 365 g/mol. The Kier molecular flexibility index (Phi) is 4.98. The molecule has 0 saturated heterocycles. The molecule has 2 aromatic carbocycles. The van der Waals surface area contributed by atoms with Gasteiger partial charge in [-0.25, -0.2) is 9.67 Å². The molecule has 0 unspecified atom stereocenters. The second-order valence-corrected chi connectivity index (χ2v) is 6.28. The van der Waals surface area contributed by atoms with E-state index in [0.717, 1.165) is 11.3 Å². The molecule has 0 saturated carbocycles. The maximum Gasteiger partial charge on any atom is 0.272 e. The molecule has 0 aliphatic heterocycles. The third-order valence-corrected chi connectivity index (χ3v) is 4.60. The molecular formula is C19H19N5O3. The highest BCUT2D eigenvalue weighted by Gasteiger charge is 2.21. The summed E-state index contributed by atoms with van der Waals surface area (Å²) < 4.78 is 1.66. The van der Waals surface area contributed by atoms with Gasteiger partial charge in [0.05, 0.1) is 16.7 Å². The Hall–Kier alpha value is -3.55. The van der Waals surface area contributed by atoms with E-state index in [1.807, 2.05) is 31.2 Å². The summed E-state index contributed by atoms with van der Waals surface area (Å²) in [5.41, 5.74) is 2.73. The molecule has 8 nitrogen and oxygen atoms in total. The normalized spacial score (nSPS) is 11.8. The number of hydrogen-bond acceptors (Lipinski definition) is 5. The lowest BCUT2D eigenvalue weighted by Crippen LogP contribution is -2.29. The first-order chi connectivity index (χ1) is 12.9. The topological polar surface area (TPSA) is 94.2 Å². The summed E-state index contributed by atoms with van der Waals surface area (Å²) in [6.07, 6.45) is 3.08. The summed E-state index contributed by atoms with van der Waals surface area (Å²) in [4.78, 5) is 28.8. The van der Waals surface area contributed by atoms with Gasteiger partial charge < -0.3 is 4.90 Å². The van der Waals surface area contributed by atoms with Gasteiger partial charge in [0.2, 0.25) is 0 Å². The third kappa shape index (κ3) is 3.69. The summed E-state index contributed by atoms with van der Waals surface area (Å²) in [6, 6.07) is 11.9. The molecule has 0 spiro atoms. The fourth-order valence-corrected chi connectivity index (χ4v) is 2.84. The van der Waals surface area contributed by atoms with Crippen molar-refractivity contribution in [3.8, 4) is 5.69 Å². The molecule has 27 heavy (non-hydrogen) atoms. The number of aryl methyl sites for hydroxylation is 1. The minimum Gasteiger partial charge on any atom is -0.335 e. The lowest BCUT2D eigenvalue weighted by atomic mass is 10.0. The van der Waals surface area contributed by atoms with E-state index < -0.39 is 4.92 Å². The van der Waals surface area contributed by atoms with Crippen LogP contribution in [0, 0.1) is 17.0 Å². The average molecular weight is 365 g/mol. The first-order valence-corrected chi connectivity index (χ1v) is 8.35. The number of aromatic nitrogens is 3. The van der Waals surface area contributed by atoms with E-state index in [1.54, 1.807) is 35.9 Å². The zero-order valence-corrected chi connectivity index (χ0v) is 15.2. The zero-order chi connectivity index (χ0) is 19.6. The highest BCUT2D eigenvalue weighted by molar-refractivity contribution is 5.94. The molecule has 0 N–H and O–H groups in total. The van der Waals surface area contributed by atoms with E-state index in [2.05, 4.69) is 10.1 Å². The largest absolute Gasteiger partial charge is 0.335 e. The molecule has 0 aliphatic carbocycles. The second kappa shape index (κ2) is 7.36. The van der Waals surface area contributed by atoms with Gasteiger partial charge >= 0.3 is 0 Å². The number of nitrogens with zero attached hydrogens (tertiary/aromatic N) is 5. The highest BCUT2D eigenvalue weighted by Crippen LogP contribution is 2.24. The van der Waals surface area contributed by atoms with Crippen LogP contribution < -0.4 is 0 Å². The van der Waals surface area contributed by atoms with Gasteiger partial charge in [-0.05, 0) is 43.7 Å². The van der Waals surface area contributed by atoms with Crippen LogP contribution in [0.1, 0.15) is 34.5 Å². The standard InChI is InChI=1S/C19H19N5O3/c1-13-10-16(6-9-18(13)24(26)27)19(25)22(3)14(2)15-4-7-17(8-5-15)23-12-20-11-21-23/h4-12,14H,1-3H3/t14-/m0/s1. The third-order valence-electron chi connectivity index (χ3n) is 4.60. The second-order valence-electron chi connectivity index (χ2n) is 6.28. The number of rotatable bonds is 5. The smallest absolute Gasteiger partial charge is 0.272 e. The van der Waals surface area contributed by atoms with E-state index >= 15 is 0 Å². The molecule has 3 aromatic rings. The number of amides is 1. The SMILES string of the molecule is Cc1cc(C(=O)N(C)[C@@H](C)c2ccc(-n3cncn3)cc2)ccc1[N+](=O)[O-]. The Morgan fingerprint density at radius 2 is 1.93 bits per heavy atom. The Morgan fingerprint density at radius 3 is 2.48 bits per heavy atom. The molecule has 1 aromatic heterocycles. The van der Waals surface area contributed by atoms with Gasteiger partial charge in [0.15, 0.2) is 0 Å². The van der Waals surface area contributed by atoms with Crippen LogP contribution in [0.15, 0.2) is 55.1 Å². The predicted octanol–water partition coefficient (Wildman–Crippen LogP) is 3.32. The van der Waals surface area contributed by atoms with E-state index in [1.165, 1.54) is 18.5 Å². The van der Waals surface area contributed by atoms with Crippen molar-refractivity contribution in [2.45, 2.75) is 19.9 Å². The number of carbonyl (C=O) groups excluding carboxylic acids is 1. The molecule has 8 heteroatoms. The Labute approximate surface area is 156 Å². The molecular weight excluding hydrogens is 346 g/mol. The Morgan fingerprint density at radius 1 is 1.22 bits per heavy atom. The van der Waals surface area contributed by atoms with Crippen molar-refractivity contribution in [2.75, 3.05) is 7.05 Å². The van der Waals surface area contributed by atoms with Crippen LogP contribution in [-0.2, 0) is 0 Å². The zero-order valence-electron chi connectivity index (χ0n) is 15.2. The van der Waals surface area contributed by atoms with Gasteiger partial charge in [-0.3, -0.25) is 14.9 Å². The minimum atomic E-state index is -0.452. The number of nitro benzene ring substituents is 1. The molecule has 0 bridgehead atoms. The summed E-state index contributed by atoms with van der Waals surface area (Å²) in [5.74, 6) is -0.194. The number of nitro groups is 1. The Bertz CT molecular complexity index is 968. The first-order valence-electron chi connectivity index (χ1n) is 8.35. The highest BCUT2D eigenvalue weighted by atomic mass is 16.6. The van der Waals surface area contributed by atoms with Crippen molar-refractivity contribution in [2.24, 2.45) is 0 Å². The van der Waals surface area contributed by atoms with Gasteiger partial charge in [0.25, 0.3) is 11.6 Å². The predicted molar refractivity (Wildman–Crippen MR) is 99.7 cm³/mol. The molecule has 3 rings (SSSR count). The molecule has 1 amide bonds. The molecule has 1 atom stereocenters. The molecule has 0 aliphatic rings. The van der Waals surface area contributed by atoms with Gasteiger partial charge in [-0.2, -0.15) is 5.10 Å². The molecule has 0 fully saturated rings. The lowest BCUT2D eigenvalue weighted by Gasteiger charge is -2.25. The van der Waals surface area contributed by atoms with Crippen molar-refractivity contribution < 1.29 is 9.72 Å². The van der Waals surface area contributed by atoms with Crippen LogP contribution in [0.3, 0.4) is 0 Å². The summed E-state index contributed by atoms with van der Waals surface area (Å²) in [6.45, 7) is 3.56. The van der Waals surface area contributed by atoms with Crippen molar-refractivity contribution in [3.63, 3.8) is 0 Å². The molecule has 1 heterocycles. The van der Waals surface area contributed by atoms with Crippen LogP contribution in [0.2, 0.25) is 0 Å². The number of carbonyl (C=O) groups is 1. The van der Waals surface area contributed by atoms with E-state index in [-0.39, 0.29) is 17.6 Å². The molecule has 138 valence electrons. The van der Waals surface area contributed by atoms with Crippen LogP contribution in [-0.4, -0.2) is 37.5 Å². The molecule has 0 radical (unpaired) electrons. The van der Waals surface area contributed by atoms with E-state index in [0.29, 0.717) is 11.1 Å². The van der Waals surface area contributed by atoms with Crippen molar-refractivity contribution >= 4 is 11.6 Å². The van der Waals surface area contributed by atoms with Gasteiger partial charge in [0, 0.05) is 24.2 Å². The van der Waals surface area contributed by atoms with Crippen molar-refractivity contribution in [3.05, 3.63) is 81.9 Å². The fraction of sp³-hybridized carbons (Fsp3) is 0.211. The van der Waals surface area contributed by atoms with Crippen LogP contribution in [0.5, 0.6) is 0 Å². The first kappa shape index (κ1) is 18.2. The maximum atomic E-state index is 12.8. The van der Waals surface area contributed by atoms with Crippen LogP contribution >= 0.6 is 0 Å². The summed E-state index contributed by atoms with van der Waals surface area (Å²) >= 11 is 0. The summed E-state index contributed by atoms with van der Waals surface area (Å²) in [7, 11) is 1.72. The van der Waals surface area contributed by atoms with E-state index in [4.69, 9.17) is 0 Å². The average Bonchev–Trinajstić information content (AvgIpc) is 3.20. The van der Waals surface area contributed by atoms with Gasteiger partial charge in [-0.15, -0.1) is 0 Å². The quantitative estimate of drug-likeness (QED) is 0.511. The summed E-state index contributed by atoms with van der Waals surface area (Å²) in [5, 5.41) is 15.0. The lowest BCUT2D eigenvalue weighted by molar-refractivity contribution is -0.385. The van der Waals surface area contributed by atoms with Crippen molar-refractivity contribution in [1.82, 2.24) is 19.7 Å². The van der Waals surface area contributed by atoms with Crippen LogP contribution in [0.25, 0.3) is 5.69 Å². The number of hydrogen-bond donors (Lipinski definition) is 0. The fourth-order valence-electron chi connectivity index (χ4n) is 2.84. The van der Waals surface area contributed by atoms with Gasteiger partial charge in [-0.1, -0.05) is 12.1 Å². The number of benzene rings is 2. The van der Waals surface area contributed by atoms with Crippen molar-refractivity contribution in [1.29, 1.82) is 0 Å². The van der Waals surface area contributed by atoms with Crippen LogP contribution in [0.4, 0.5) is 5.69 Å².